The smallest absolute Gasteiger partial charge is 0.413 e. The maximum atomic E-state index is 13.3. The van der Waals surface area contributed by atoms with E-state index in [1.807, 2.05) is 18.4 Å². The molecule has 0 unspecified atom stereocenters. The van der Waals surface area contributed by atoms with Crippen molar-refractivity contribution < 1.29 is 18.7 Å². The molecule has 172 valence electrons. The summed E-state index contributed by atoms with van der Waals surface area (Å²) < 4.78 is 20.4. The molecule has 0 fully saturated rings. The quantitative estimate of drug-likeness (QED) is 0.358. The van der Waals surface area contributed by atoms with Crippen molar-refractivity contribution in [1.29, 1.82) is 5.26 Å². The Labute approximate surface area is 198 Å². The number of anilines is 2. The number of carbonyl (C=O) groups is 2. The minimum atomic E-state index is -0.625. The summed E-state index contributed by atoms with van der Waals surface area (Å²) in [6.07, 6.45) is -0.625. The van der Waals surface area contributed by atoms with Crippen LogP contribution >= 0.6 is 23.1 Å². The molecule has 9 nitrogen and oxygen atoms in total. The molecule has 0 saturated heterocycles. The highest BCUT2D eigenvalue weighted by Crippen LogP contribution is 2.29. The number of rotatable bonds is 8. The van der Waals surface area contributed by atoms with Gasteiger partial charge in [0.25, 0.3) is 0 Å². The predicted octanol–water partition coefficient (Wildman–Crippen LogP) is 4.31. The van der Waals surface area contributed by atoms with E-state index in [1.165, 1.54) is 12.1 Å². The van der Waals surface area contributed by atoms with Gasteiger partial charge in [-0.3, -0.25) is 10.1 Å². The van der Waals surface area contributed by atoms with E-state index in [4.69, 9.17) is 4.74 Å². The number of benzene rings is 1. The van der Waals surface area contributed by atoms with E-state index in [1.54, 1.807) is 19.1 Å². The van der Waals surface area contributed by atoms with Crippen molar-refractivity contribution in [3.05, 3.63) is 52.5 Å². The highest BCUT2D eigenvalue weighted by molar-refractivity contribution is 8.01. The Morgan fingerprint density at radius 3 is 2.64 bits per heavy atom. The molecule has 0 aliphatic heterocycles. The van der Waals surface area contributed by atoms with Gasteiger partial charge >= 0.3 is 6.09 Å². The molecule has 0 aliphatic rings. The largest absolute Gasteiger partial charge is 0.450 e. The number of carbonyl (C=O) groups excluding carboxylic acids is 2. The molecular formula is C21H21FN6O3S2. The minimum absolute atomic E-state index is 0.0265. The average Bonchev–Trinajstić information content (AvgIpc) is 3.31. The number of nitrogens with zero attached hydrogens (tertiary/aromatic N) is 4. The highest BCUT2D eigenvalue weighted by Gasteiger charge is 2.20. The van der Waals surface area contributed by atoms with Gasteiger partial charge in [0.2, 0.25) is 11.0 Å². The topological polar surface area (TPSA) is 122 Å². The molecule has 0 saturated carbocycles. The van der Waals surface area contributed by atoms with Gasteiger partial charge in [-0.1, -0.05) is 35.2 Å². The number of hydrogen-bond donors (Lipinski definition) is 2. The van der Waals surface area contributed by atoms with Gasteiger partial charge in [-0.25, -0.2) is 9.18 Å². The van der Waals surface area contributed by atoms with Crippen LogP contribution in [0.4, 0.5) is 20.1 Å². The number of nitrogens with one attached hydrogen (secondary N) is 2. The summed E-state index contributed by atoms with van der Waals surface area (Å²) in [6, 6.07) is 8.22. The van der Waals surface area contributed by atoms with E-state index in [-0.39, 0.29) is 29.2 Å². The molecule has 33 heavy (non-hydrogen) atoms. The number of nitriles is 1. The second-order valence-corrected chi connectivity index (χ2v) is 9.01. The van der Waals surface area contributed by atoms with Gasteiger partial charge in [-0.15, -0.1) is 10.2 Å². The van der Waals surface area contributed by atoms with Gasteiger partial charge in [0.1, 0.15) is 17.7 Å². The van der Waals surface area contributed by atoms with Crippen LogP contribution in [0, 0.1) is 31.0 Å². The van der Waals surface area contributed by atoms with Crippen LogP contribution < -0.4 is 10.6 Å². The average molecular weight is 489 g/mol. The first kappa shape index (κ1) is 24.2. The lowest BCUT2D eigenvalue weighted by atomic mass is 10.2. The van der Waals surface area contributed by atoms with Crippen molar-refractivity contribution in [2.75, 3.05) is 23.0 Å². The molecule has 0 aliphatic carbocycles. The Morgan fingerprint density at radius 2 is 1.97 bits per heavy atom. The Balaban J connectivity index is 1.69. The van der Waals surface area contributed by atoms with Crippen LogP contribution in [0.1, 0.15) is 29.3 Å². The van der Waals surface area contributed by atoms with Crippen molar-refractivity contribution in [2.45, 2.75) is 31.7 Å². The van der Waals surface area contributed by atoms with Crippen LogP contribution in [0.3, 0.4) is 0 Å². The van der Waals surface area contributed by atoms with Gasteiger partial charge in [-0.2, -0.15) is 5.26 Å². The Hall–Kier alpha value is -3.43. The molecule has 2 aromatic heterocycles. The number of thioether (sulfide) groups is 1. The third kappa shape index (κ3) is 6.09. The monoisotopic (exact) mass is 488 g/mol. The van der Waals surface area contributed by atoms with Gasteiger partial charge in [0.05, 0.1) is 17.9 Å². The van der Waals surface area contributed by atoms with E-state index in [9.17, 15) is 19.2 Å². The maximum Gasteiger partial charge on any atom is 0.413 e. The number of hydrogen-bond acceptors (Lipinski definition) is 8. The van der Waals surface area contributed by atoms with E-state index >= 15 is 0 Å². The number of aromatic nitrogens is 3. The van der Waals surface area contributed by atoms with Gasteiger partial charge in [0, 0.05) is 12.2 Å². The zero-order chi connectivity index (χ0) is 24.0. The molecule has 1 aromatic carbocycles. The molecule has 12 heteroatoms. The third-order valence-corrected chi connectivity index (χ3v) is 6.64. The van der Waals surface area contributed by atoms with Crippen molar-refractivity contribution in [3.8, 4) is 6.07 Å². The van der Waals surface area contributed by atoms with Crippen molar-refractivity contribution in [3.63, 3.8) is 0 Å². The molecule has 2 amide bonds. The molecule has 3 aromatic rings. The summed E-state index contributed by atoms with van der Waals surface area (Å²) in [6.45, 7) is 5.98. The van der Waals surface area contributed by atoms with Crippen LogP contribution in [0.15, 0.2) is 28.6 Å². The van der Waals surface area contributed by atoms with Crippen LogP contribution in [-0.2, 0) is 16.1 Å². The van der Waals surface area contributed by atoms with E-state index < -0.39 is 6.09 Å². The summed E-state index contributed by atoms with van der Waals surface area (Å²) in [5.74, 6) is -0.243. The molecule has 3 rings (SSSR count). The second kappa shape index (κ2) is 10.9. The lowest BCUT2D eigenvalue weighted by molar-refractivity contribution is -0.113. The fourth-order valence-electron chi connectivity index (χ4n) is 2.97. The van der Waals surface area contributed by atoms with Crippen LogP contribution in [0.2, 0.25) is 0 Å². The summed E-state index contributed by atoms with van der Waals surface area (Å²) in [7, 11) is 0. The summed E-state index contributed by atoms with van der Waals surface area (Å²) in [4.78, 5) is 24.1. The fourth-order valence-corrected chi connectivity index (χ4v) is 4.51. The van der Waals surface area contributed by atoms with Crippen molar-refractivity contribution >= 4 is 46.0 Å². The molecular weight excluding hydrogens is 467 g/mol. The standard InChI is InChI=1S/C21H21FN6O3S2/c1-4-31-20(30)25-19-26-27-21(33-19)32-11-17(29)24-18-16(9-23)12(2)13(3)28(18)10-14-5-7-15(22)8-6-14/h5-8H,4,10-11H2,1-3H3,(H,24,29)(H,25,26,30). The first-order chi connectivity index (χ1) is 15.8. The zero-order valence-corrected chi connectivity index (χ0v) is 19.8. The molecule has 0 atom stereocenters. The zero-order valence-electron chi connectivity index (χ0n) is 18.1. The van der Waals surface area contributed by atoms with Gasteiger partial charge in [0.15, 0.2) is 4.34 Å². The van der Waals surface area contributed by atoms with E-state index in [0.717, 1.165) is 39.9 Å². The van der Waals surface area contributed by atoms with Gasteiger partial charge in [-0.05, 0) is 44.0 Å². The normalized spacial score (nSPS) is 10.5. The first-order valence-corrected chi connectivity index (χ1v) is 11.7. The lowest BCUT2D eigenvalue weighted by Gasteiger charge is -2.13. The Kier molecular flexibility index (Phi) is 8.02. The summed E-state index contributed by atoms with van der Waals surface area (Å²) >= 11 is 2.27. The second-order valence-electron chi connectivity index (χ2n) is 6.81. The molecule has 0 radical (unpaired) electrons. The van der Waals surface area contributed by atoms with Crippen LogP contribution in [0.5, 0.6) is 0 Å². The van der Waals surface area contributed by atoms with Crippen molar-refractivity contribution in [1.82, 2.24) is 14.8 Å². The van der Waals surface area contributed by atoms with Crippen LogP contribution in [-0.4, -0.2) is 39.1 Å². The maximum absolute atomic E-state index is 13.3. The fraction of sp³-hybridized carbons (Fsp3) is 0.286. The highest BCUT2D eigenvalue weighted by atomic mass is 32.2. The molecule has 0 spiro atoms. The number of ether oxygens (including phenoxy) is 1. The van der Waals surface area contributed by atoms with Gasteiger partial charge < -0.3 is 14.6 Å². The molecule has 2 heterocycles. The van der Waals surface area contributed by atoms with Crippen molar-refractivity contribution in [2.24, 2.45) is 0 Å². The summed E-state index contributed by atoms with van der Waals surface area (Å²) in [5.41, 5.74) is 2.81. The lowest BCUT2D eigenvalue weighted by Crippen LogP contribution is -2.18. The number of amides is 2. The molecule has 2 N–H and O–H groups in total. The minimum Gasteiger partial charge on any atom is -0.450 e. The SMILES string of the molecule is CCOC(=O)Nc1nnc(SCC(=O)Nc2c(C#N)c(C)c(C)n2Cc2ccc(F)cc2)s1. The number of halogens is 1. The Morgan fingerprint density at radius 1 is 1.24 bits per heavy atom. The molecule has 0 bridgehead atoms. The Bertz CT molecular complexity index is 1200. The predicted molar refractivity (Wildman–Crippen MR) is 124 cm³/mol. The van der Waals surface area contributed by atoms with Crippen LogP contribution in [0.25, 0.3) is 0 Å². The van der Waals surface area contributed by atoms with E-state index in [2.05, 4.69) is 26.9 Å². The summed E-state index contributed by atoms with van der Waals surface area (Å²) in [5, 5.41) is 23.0. The van der Waals surface area contributed by atoms with E-state index in [0.29, 0.717) is 22.3 Å². The first-order valence-electron chi connectivity index (χ1n) is 9.86. The third-order valence-electron chi connectivity index (χ3n) is 4.67.